The van der Waals surface area contributed by atoms with Crippen molar-refractivity contribution in [1.29, 1.82) is 0 Å². The highest BCUT2D eigenvalue weighted by atomic mass is 32.1. The van der Waals surface area contributed by atoms with Gasteiger partial charge in [0, 0.05) is 11.9 Å². The third kappa shape index (κ3) is 2.06. The van der Waals surface area contributed by atoms with Crippen LogP contribution in [0.15, 0.2) is 17.5 Å². The number of carbonyl (C=O) groups excluding carboxylic acids is 1. The van der Waals surface area contributed by atoms with Gasteiger partial charge in [0.25, 0.3) is 0 Å². The monoisotopic (exact) mass is 184 g/mol. The summed E-state index contributed by atoms with van der Waals surface area (Å²) < 4.78 is 0. The molecule has 0 saturated heterocycles. The maximum Gasteiger partial charge on any atom is 0.242 e. The molecule has 66 valence electrons. The van der Waals surface area contributed by atoms with Crippen molar-refractivity contribution in [2.45, 2.75) is 12.8 Å². The number of nitrogens with one attached hydrogen (secondary N) is 2. The first kappa shape index (κ1) is 9.22. The third-order valence-corrected chi connectivity index (χ3v) is 2.67. The molecule has 0 aliphatic rings. The molecular formula is C8H12N2OS. The molecule has 1 aromatic rings. The maximum absolute atomic E-state index is 11.3. The van der Waals surface area contributed by atoms with Gasteiger partial charge in [-0.3, -0.25) is 10.2 Å². The summed E-state index contributed by atoms with van der Waals surface area (Å²) in [5.41, 5.74) is 5.17. The van der Waals surface area contributed by atoms with Gasteiger partial charge in [0.1, 0.15) is 0 Å². The summed E-state index contributed by atoms with van der Waals surface area (Å²) in [6.07, 6.45) is 0. The van der Waals surface area contributed by atoms with E-state index in [0.29, 0.717) is 0 Å². The van der Waals surface area contributed by atoms with Gasteiger partial charge >= 0.3 is 0 Å². The first-order valence-electron chi connectivity index (χ1n) is 3.75. The van der Waals surface area contributed by atoms with E-state index < -0.39 is 0 Å². The van der Waals surface area contributed by atoms with Crippen molar-refractivity contribution in [2.24, 2.45) is 0 Å². The number of carbonyl (C=O) groups is 1. The predicted octanol–water partition coefficient (Wildman–Crippen LogP) is 1.10. The van der Waals surface area contributed by atoms with Crippen molar-refractivity contribution < 1.29 is 4.79 Å². The third-order valence-electron chi connectivity index (χ3n) is 1.61. The molecule has 1 unspecified atom stereocenters. The van der Waals surface area contributed by atoms with E-state index in [9.17, 15) is 4.79 Å². The Bertz CT molecular complexity index is 246. The lowest BCUT2D eigenvalue weighted by Crippen LogP contribution is -2.36. The Morgan fingerprint density at radius 3 is 2.92 bits per heavy atom. The van der Waals surface area contributed by atoms with Gasteiger partial charge in [-0.1, -0.05) is 6.07 Å². The van der Waals surface area contributed by atoms with E-state index in [1.165, 1.54) is 0 Å². The van der Waals surface area contributed by atoms with Crippen molar-refractivity contribution in [1.82, 2.24) is 10.9 Å². The van der Waals surface area contributed by atoms with E-state index in [1.54, 1.807) is 18.4 Å². The summed E-state index contributed by atoms with van der Waals surface area (Å²) in [4.78, 5) is 12.4. The van der Waals surface area contributed by atoms with Gasteiger partial charge in [-0.05, 0) is 18.4 Å². The minimum absolute atomic E-state index is 0.0000463. The average molecular weight is 184 g/mol. The molecule has 0 aliphatic heterocycles. The summed E-state index contributed by atoms with van der Waals surface area (Å²) >= 11 is 1.60. The Morgan fingerprint density at radius 2 is 2.42 bits per heavy atom. The molecule has 0 aromatic carbocycles. The number of hydrazine groups is 1. The molecule has 1 rings (SSSR count). The molecule has 0 fully saturated rings. The zero-order valence-electron chi connectivity index (χ0n) is 7.13. The maximum atomic E-state index is 11.3. The summed E-state index contributed by atoms with van der Waals surface area (Å²) in [5, 5.41) is 1.97. The predicted molar refractivity (Wildman–Crippen MR) is 49.9 cm³/mol. The van der Waals surface area contributed by atoms with E-state index in [4.69, 9.17) is 0 Å². The molecule has 1 aromatic heterocycles. The highest BCUT2D eigenvalue weighted by Crippen LogP contribution is 2.20. The van der Waals surface area contributed by atoms with E-state index in [1.807, 2.05) is 24.4 Å². The topological polar surface area (TPSA) is 41.1 Å². The molecule has 1 atom stereocenters. The molecule has 0 radical (unpaired) electrons. The van der Waals surface area contributed by atoms with Gasteiger partial charge in [0.05, 0.1) is 5.92 Å². The van der Waals surface area contributed by atoms with Crippen LogP contribution in [0.5, 0.6) is 0 Å². The van der Waals surface area contributed by atoms with Crippen LogP contribution in [-0.2, 0) is 4.79 Å². The second kappa shape index (κ2) is 4.23. The van der Waals surface area contributed by atoms with Crippen LogP contribution < -0.4 is 10.9 Å². The first-order chi connectivity index (χ1) is 5.75. The molecule has 0 saturated carbocycles. The zero-order chi connectivity index (χ0) is 8.97. The Balaban J connectivity index is 2.59. The average Bonchev–Trinajstić information content (AvgIpc) is 2.55. The van der Waals surface area contributed by atoms with Crippen molar-refractivity contribution in [3.63, 3.8) is 0 Å². The molecular weight excluding hydrogens is 172 g/mol. The summed E-state index contributed by atoms with van der Waals surface area (Å²) in [6, 6.07) is 3.91. The van der Waals surface area contributed by atoms with Crippen molar-refractivity contribution in [2.75, 3.05) is 7.05 Å². The van der Waals surface area contributed by atoms with Crippen molar-refractivity contribution in [3.8, 4) is 0 Å². The van der Waals surface area contributed by atoms with Crippen LogP contribution >= 0.6 is 11.3 Å². The molecule has 2 N–H and O–H groups in total. The fourth-order valence-electron chi connectivity index (χ4n) is 0.898. The van der Waals surface area contributed by atoms with Crippen LogP contribution in [0.25, 0.3) is 0 Å². The summed E-state index contributed by atoms with van der Waals surface area (Å²) in [5.74, 6) is -0.0719. The Kier molecular flexibility index (Phi) is 3.25. The second-order valence-electron chi connectivity index (χ2n) is 2.48. The van der Waals surface area contributed by atoms with E-state index in [-0.39, 0.29) is 11.8 Å². The highest BCUT2D eigenvalue weighted by molar-refractivity contribution is 7.10. The second-order valence-corrected chi connectivity index (χ2v) is 3.46. The molecule has 4 heteroatoms. The molecule has 1 amide bonds. The lowest BCUT2D eigenvalue weighted by molar-refractivity contribution is -0.122. The number of hydrogen-bond acceptors (Lipinski definition) is 3. The lowest BCUT2D eigenvalue weighted by atomic mass is 10.1. The van der Waals surface area contributed by atoms with Crippen LogP contribution in [-0.4, -0.2) is 13.0 Å². The van der Waals surface area contributed by atoms with Crippen molar-refractivity contribution >= 4 is 17.2 Å². The smallest absolute Gasteiger partial charge is 0.242 e. The highest BCUT2D eigenvalue weighted by Gasteiger charge is 2.14. The van der Waals surface area contributed by atoms with Gasteiger partial charge in [0.15, 0.2) is 0 Å². The van der Waals surface area contributed by atoms with Gasteiger partial charge < -0.3 is 0 Å². The minimum Gasteiger partial charge on any atom is -0.291 e. The zero-order valence-corrected chi connectivity index (χ0v) is 7.94. The SMILES string of the molecule is CNNC(=O)C(C)c1cccs1. The minimum atomic E-state index is -0.0718. The van der Waals surface area contributed by atoms with Gasteiger partial charge in [-0.15, -0.1) is 11.3 Å². The lowest BCUT2D eigenvalue weighted by Gasteiger charge is -2.08. The van der Waals surface area contributed by atoms with Gasteiger partial charge in [-0.2, -0.15) is 0 Å². The standard InChI is InChI=1S/C8H12N2OS/c1-6(8(11)10-9-2)7-4-3-5-12-7/h3-6,9H,1-2H3,(H,10,11). The normalized spacial score (nSPS) is 12.5. The number of thiophene rings is 1. The molecule has 1 heterocycles. The van der Waals surface area contributed by atoms with Gasteiger partial charge in [0.2, 0.25) is 5.91 Å². The fourth-order valence-corrected chi connectivity index (χ4v) is 1.68. The quantitative estimate of drug-likeness (QED) is 0.691. The number of amides is 1. The number of hydrogen-bond donors (Lipinski definition) is 2. The molecule has 0 aliphatic carbocycles. The Morgan fingerprint density at radius 1 is 1.67 bits per heavy atom. The van der Waals surface area contributed by atoms with Crippen LogP contribution in [0.1, 0.15) is 17.7 Å². The van der Waals surface area contributed by atoms with E-state index in [0.717, 1.165) is 4.88 Å². The summed E-state index contributed by atoms with van der Waals surface area (Å²) in [7, 11) is 1.68. The molecule has 0 bridgehead atoms. The van der Waals surface area contributed by atoms with Crippen LogP contribution in [0.3, 0.4) is 0 Å². The first-order valence-corrected chi connectivity index (χ1v) is 4.63. The van der Waals surface area contributed by atoms with Crippen LogP contribution in [0.2, 0.25) is 0 Å². The van der Waals surface area contributed by atoms with Crippen molar-refractivity contribution in [3.05, 3.63) is 22.4 Å². The summed E-state index contributed by atoms with van der Waals surface area (Å²) in [6.45, 7) is 1.89. The number of rotatable bonds is 3. The Labute approximate surface area is 75.8 Å². The van der Waals surface area contributed by atoms with E-state index in [2.05, 4.69) is 10.9 Å². The molecule has 3 nitrogen and oxygen atoms in total. The van der Waals surface area contributed by atoms with Crippen LogP contribution in [0.4, 0.5) is 0 Å². The Hall–Kier alpha value is -0.870. The molecule has 0 spiro atoms. The largest absolute Gasteiger partial charge is 0.291 e. The van der Waals surface area contributed by atoms with Gasteiger partial charge in [-0.25, -0.2) is 5.43 Å². The fraction of sp³-hybridized carbons (Fsp3) is 0.375. The molecule has 12 heavy (non-hydrogen) atoms. The van der Waals surface area contributed by atoms with E-state index >= 15 is 0 Å². The van der Waals surface area contributed by atoms with Crippen LogP contribution in [0, 0.1) is 0 Å².